The number of pyridine rings is 2. The summed E-state index contributed by atoms with van der Waals surface area (Å²) in [6, 6.07) is 9.07. The van der Waals surface area contributed by atoms with Gasteiger partial charge in [-0.1, -0.05) is 0 Å². The highest BCUT2D eigenvalue weighted by Crippen LogP contribution is 2.23. The van der Waals surface area contributed by atoms with E-state index in [2.05, 4.69) is 60.7 Å². The number of ether oxygens (including phenoxy) is 2. The van der Waals surface area contributed by atoms with Gasteiger partial charge in [0.1, 0.15) is 13.2 Å². The standard InChI is InChI=1S/C14H21N3O.C10H14N4O2.C3H4O2/c1-11-3-4-13(7-15-11)17-6-5-16(8-12(17)2)14-9-18-10-14;1-8-6-11-4-5-13(8)9-2-3-10(12-7-9)14(15)16;4-3-1-5-2-3/h3-4,7,12,14H,5-6,8-10H2,1-2H3;2-3,7-8,11H,4-6H2,1H3;1-2H2/t12-;8-;/m00./s1. The van der Waals surface area contributed by atoms with Crippen LogP contribution in [0.3, 0.4) is 0 Å². The monoisotopic (exact) mass is 541 g/mol. The minimum Gasteiger partial charge on any atom is -0.378 e. The molecule has 12 heteroatoms. The van der Waals surface area contributed by atoms with E-state index in [0.29, 0.717) is 31.3 Å². The third-order valence-corrected chi connectivity index (χ3v) is 7.30. The number of ketones is 1. The van der Waals surface area contributed by atoms with Crippen molar-refractivity contribution in [1.82, 2.24) is 20.2 Å². The van der Waals surface area contributed by atoms with Crippen LogP contribution in [-0.2, 0) is 14.3 Å². The number of nitrogens with one attached hydrogen (secondary N) is 1. The van der Waals surface area contributed by atoms with Crippen molar-refractivity contribution in [2.45, 2.75) is 38.9 Å². The first-order valence-electron chi connectivity index (χ1n) is 13.5. The molecule has 2 aromatic heterocycles. The first-order chi connectivity index (χ1) is 18.8. The third-order valence-electron chi connectivity index (χ3n) is 7.30. The molecule has 4 saturated heterocycles. The maximum atomic E-state index is 10.5. The number of piperazine rings is 2. The van der Waals surface area contributed by atoms with Crippen LogP contribution in [0.1, 0.15) is 19.5 Å². The van der Waals surface area contributed by atoms with Gasteiger partial charge in [0.15, 0.2) is 12.0 Å². The molecule has 0 bridgehead atoms. The van der Waals surface area contributed by atoms with Crippen molar-refractivity contribution in [3.05, 3.63) is 52.5 Å². The molecule has 4 aliphatic heterocycles. The van der Waals surface area contributed by atoms with Crippen LogP contribution in [0, 0.1) is 17.0 Å². The predicted molar refractivity (Wildman–Crippen MR) is 148 cm³/mol. The van der Waals surface area contributed by atoms with Crippen molar-refractivity contribution in [2.24, 2.45) is 0 Å². The van der Waals surface area contributed by atoms with Crippen LogP contribution in [0.2, 0.25) is 0 Å². The maximum Gasteiger partial charge on any atom is 0.363 e. The fourth-order valence-electron chi connectivity index (χ4n) is 4.83. The molecule has 2 aromatic rings. The van der Waals surface area contributed by atoms with Gasteiger partial charge < -0.3 is 34.7 Å². The van der Waals surface area contributed by atoms with Crippen molar-refractivity contribution >= 4 is 23.0 Å². The Hall–Kier alpha value is -3.19. The number of Topliss-reactive ketones (excluding diaryl/α,β-unsaturated/α-hetero) is 1. The topological polar surface area (TPSA) is 126 Å². The molecule has 0 saturated carbocycles. The van der Waals surface area contributed by atoms with Gasteiger partial charge in [0, 0.05) is 63.1 Å². The fraction of sp³-hybridized carbons (Fsp3) is 0.593. The lowest BCUT2D eigenvalue weighted by Crippen LogP contribution is -2.59. The van der Waals surface area contributed by atoms with Gasteiger partial charge >= 0.3 is 5.82 Å². The largest absolute Gasteiger partial charge is 0.378 e. The molecule has 0 aliphatic carbocycles. The van der Waals surface area contributed by atoms with E-state index in [9.17, 15) is 14.9 Å². The predicted octanol–water partition coefficient (Wildman–Crippen LogP) is 1.67. The summed E-state index contributed by atoms with van der Waals surface area (Å²) >= 11 is 0. The number of rotatable bonds is 4. The Bertz CT molecular complexity index is 1070. The third kappa shape index (κ3) is 7.91. The Balaban J connectivity index is 0.000000154. The highest BCUT2D eigenvalue weighted by atomic mass is 16.6. The van der Waals surface area contributed by atoms with Crippen LogP contribution in [0.5, 0.6) is 0 Å². The quantitative estimate of drug-likeness (QED) is 0.449. The Morgan fingerprint density at radius 2 is 1.62 bits per heavy atom. The molecule has 0 radical (unpaired) electrons. The lowest BCUT2D eigenvalue weighted by atomic mass is 10.1. The van der Waals surface area contributed by atoms with Crippen LogP contribution in [-0.4, -0.2) is 109 Å². The Labute approximate surface area is 229 Å². The molecule has 1 N–H and O–H groups in total. The minimum absolute atomic E-state index is 0.105. The van der Waals surface area contributed by atoms with E-state index >= 15 is 0 Å². The number of anilines is 2. The van der Waals surface area contributed by atoms with E-state index in [-0.39, 0.29) is 11.6 Å². The molecular weight excluding hydrogens is 502 g/mol. The zero-order chi connectivity index (χ0) is 27.8. The normalized spacial score (nSPS) is 23.4. The lowest BCUT2D eigenvalue weighted by molar-refractivity contribution is -0.389. The second-order valence-corrected chi connectivity index (χ2v) is 10.3. The minimum atomic E-state index is -0.481. The molecule has 0 aromatic carbocycles. The molecule has 0 amide bonds. The van der Waals surface area contributed by atoms with E-state index in [4.69, 9.17) is 4.74 Å². The maximum absolute atomic E-state index is 10.5. The number of aryl methyl sites for hydroxylation is 1. The number of carbonyl (C=O) groups excluding carboxylic acids is 1. The second kappa shape index (κ2) is 13.7. The molecule has 0 spiro atoms. The first-order valence-corrected chi connectivity index (χ1v) is 13.5. The average Bonchev–Trinajstić information content (AvgIpc) is 2.88. The van der Waals surface area contributed by atoms with Gasteiger partial charge in [-0.25, -0.2) is 0 Å². The van der Waals surface area contributed by atoms with Crippen LogP contribution >= 0.6 is 0 Å². The van der Waals surface area contributed by atoms with E-state index in [0.717, 1.165) is 63.9 Å². The smallest absolute Gasteiger partial charge is 0.363 e. The van der Waals surface area contributed by atoms with Crippen molar-refractivity contribution in [1.29, 1.82) is 0 Å². The van der Waals surface area contributed by atoms with Crippen molar-refractivity contribution < 1.29 is 19.2 Å². The molecule has 0 unspecified atom stereocenters. The first kappa shape index (κ1) is 28.8. The highest BCUT2D eigenvalue weighted by molar-refractivity contribution is 5.84. The number of hydrogen-bond donors (Lipinski definition) is 1. The SMILES string of the molecule is C[C@H]1CNCCN1c1ccc([N+](=O)[O-])nc1.Cc1ccc(N2CCN(C3COC3)C[C@@H]2C)cn1.O=C1COC1. The summed E-state index contributed by atoms with van der Waals surface area (Å²) in [6.45, 7) is 15.1. The summed E-state index contributed by atoms with van der Waals surface area (Å²) in [6.07, 6.45) is 3.56. The number of nitrogens with zero attached hydrogens (tertiary/aromatic N) is 6. The van der Waals surface area contributed by atoms with E-state index in [1.54, 1.807) is 12.3 Å². The van der Waals surface area contributed by atoms with E-state index in [1.165, 1.54) is 11.8 Å². The molecular formula is C27H39N7O5. The summed E-state index contributed by atoms with van der Waals surface area (Å²) in [7, 11) is 0. The molecule has 4 fully saturated rings. The van der Waals surface area contributed by atoms with Crippen molar-refractivity contribution in [2.75, 3.05) is 75.5 Å². The number of carbonyl (C=O) groups is 1. The summed E-state index contributed by atoms with van der Waals surface area (Å²) in [4.78, 5) is 35.2. The number of nitro groups is 1. The van der Waals surface area contributed by atoms with Gasteiger partial charge in [0.2, 0.25) is 0 Å². The molecule has 212 valence electrons. The highest BCUT2D eigenvalue weighted by Gasteiger charge is 2.32. The number of aromatic nitrogens is 2. The van der Waals surface area contributed by atoms with Gasteiger partial charge in [0.05, 0.1) is 36.8 Å². The van der Waals surface area contributed by atoms with Gasteiger partial charge in [-0.05, 0) is 48.9 Å². The van der Waals surface area contributed by atoms with Crippen molar-refractivity contribution in [3.8, 4) is 0 Å². The van der Waals surface area contributed by atoms with E-state index in [1.807, 2.05) is 13.1 Å². The zero-order valence-electron chi connectivity index (χ0n) is 23.0. The number of hydrogen-bond acceptors (Lipinski definition) is 11. The van der Waals surface area contributed by atoms with Crippen LogP contribution in [0.4, 0.5) is 17.2 Å². The summed E-state index contributed by atoms with van der Waals surface area (Å²) < 4.78 is 9.77. The molecule has 39 heavy (non-hydrogen) atoms. The summed E-state index contributed by atoms with van der Waals surface area (Å²) in [5.41, 5.74) is 3.27. The van der Waals surface area contributed by atoms with Gasteiger partial charge in [-0.15, -0.1) is 0 Å². The summed E-state index contributed by atoms with van der Waals surface area (Å²) in [5.74, 6) is 0.108. The van der Waals surface area contributed by atoms with Crippen LogP contribution in [0.15, 0.2) is 36.7 Å². The van der Waals surface area contributed by atoms with Crippen LogP contribution in [0.25, 0.3) is 0 Å². The van der Waals surface area contributed by atoms with Gasteiger partial charge in [-0.2, -0.15) is 0 Å². The Morgan fingerprint density at radius 3 is 2.08 bits per heavy atom. The second-order valence-electron chi connectivity index (χ2n) is 10.3. The summed E-state index contributed by atoms with van der Waals surface area (Å²) in [5, 5.41) is 13.8. The molecule has 12 nitrogen and oxygen atoms in total. The molecule has 6 rings (SSSR count). The Kier molecular flexibility index (Phi) is 10.2. The fourth-order valence-corrected chi connectivity index (χ4v) is 4.83. The molecule has 4 aliphatic rings. The molecule has 6 heterocycles. The van der Waals surface area contributed by atoms with Crippen molar-refractivity contribution in [3.63, 3.8) is 0 Å². The lowest BCUT2D eigenvalue weighted by Gasteiger charge is -2.46. The zero-order valence-corrected chi connectivity index (χ0v) is 23.0. The average molecular weight is 542 g/mol. The van der Waals surface area contributed by atoms with Crippen LogP contribution < -0.4 is 15.1 Å². The Morgan fingerprint density at radius 1 is 0.949 bits per heavy atom. The van der Waals surface area contributed by atoms with Gasteiger partial charge in [-0.3, -0.25) is 14.7 Å². The molecule has 2 atom stereocenters. The van der Waals surface area contributed by atoms with E-state index < -0.39 is 4.92 Å². The van der Waals surface area contributed by atoms with Gasteiger partial charge in [0.25, 0.3) is 0 Å².